The van der Waals surface area contributed by atoms with Crippen molar-refractivity contribution in [1.29, 1.82) is 0 Å². The molecule has 2 unspecified atom stereocenters. The topological polar surface area (TPSA) is 55.6 Å². The highest BCUT2D eigenvalue weighted by atomic mass is 16.6. The van der Waals surface area contributed by atoms with Crippen LogP contribution in [0.1, 0.15) is 25.8 Å². The van der Waals surface area contributed by atoms with Crippen LogP contribution in [0, 0.1) is 16.0 Å². The van der Waals surface area contributed by atoms with Crippen LogP contribution in [0.5, 0.6) is 0 Å². The minimum Gasteiger partial charge on any atom is -0.380 e. The number of non-ortho nitro benzene ring substituents is 1. The number of hydrogen-bond donors (Lipinski definition) is 0. The zero-order valence-electron chi connectivity index (χ0n) is 11.6. The molecule has 1 heterocycles. The van der Waals surface area contributed by atoms with Gasteiger partial charge in [-0.1, -0.05) is 6.92 Å². The molecule has 1 aliphatic heterocycles. The molecule has 104 valence electrons. The standard InChI is InChI=1S/C14H20N2O3/c1-10-6-7-15(11(10)2)14-5-4-13(16(17)18)8-12(14)9-19-3/h4-5,8,10-11H,6-7,9H2,1-3H3. The molecule has 0 radical (unpaired) electrons. The highest BCUT2D eigenvalue weighted by Crippen LogP contribution is 2.33. The van der Waals surface area contributed by atoms with E-state index in [-0.39, 0.29) is 10.6 Å². The van der Waals surface area contributed by atoms with Crippen LogP contribution >= 0.6 is 0 Å². The van der Waals surface area contributed by atoms with Gasteiger partial charge in [0, 0.05) is 43.1 Å². The lowest BCUT2D eigenvalue weighted by molar-refractivity contribution is -0.384. The van der Waals surface area contributed by atoms with Crippen LogP contribution in [-0.4, -0.2) is 24.6 Å². The van der Waals surface area contributed by atoms with Gasteiger partial charge < -0.3 is 9.64 Å². The molecule has 1 aromatic rings. The van der Waals surface area contributed by atoms with E-state index in [1.54, 1.807) is 19.2 Å². The summed E-state index contributed by atoms with van der Waals surface area (Å²) < 4.78 is 5.18. The van der Waals surface area contributed by atoms with Crippen molar-refractivity contribution in [2.45, 2.75) is 32.9 Å². The van der Waals surface area contributed by atoms with E-state index in [4.69, 9.17) is 4.74 Å². The summed E-state index contributed by atoms with van der Waals surface area (Å²) in [6.45, 7) is 5.84. The summed E-state index contributed by atoms with van der Waals surface area (Å²) in [6.07, 6.45) is 1.16. The Bertz CT molecular complexity index is 476. The first kappa shape index (κ1) is 13.8. The molecule has 0 saturated carbocycles. The lowest BCUT2D eigenvalue weighted by Gasteiger charge is -2.27. The van der Waals surface area contributed by atoms with E-state index >= 15 is 0 Å². The van der Waals surface area contributed by atoms with Crippen molar-refractivity contribution < 1.29 is 9.66 Å². The second kappa shape index (κ2) is 5.57. The number of rotatable bonds is 4. The van der Waals surface area contributed by atoms with Gasteiger partial charge in [0.25, 0.3) is 5.69 Å². The smallest absolute Gasteiger partial charge is 0.269 e. The van der Waals surface area contributed by atoms with Crippen molar-refractivity contribution in [1.82, 2.24) is 0 Å². The fourth-order valence-corrected chi connectivity index (χ4v) is 2.67. The molecule has 1 saturated heterocycles. The molecule has 5 nitrogen and oxygen atoms in total. The molecule has 2 atom stereocenters. The van der Waals surface area contributed by atoms with Gasteiger partial charge in [-0.2, -0.15) is 0 Å². The van der Waals surface area contributed by atoms with Gasteiger partial charge in [0.15, 0.2) is 0 Å². The molecule has 1 aromatic carbocycles. The maximum Gasteiger partial charge on any atom is 0.269 e. The molecule has 2 rings (SSSR count). The molecule has 0 aromatic heterocycles. The van der Waals surface area contributed by atoms with Crippen molar-refractivity contribution in [2.24, 2.45) is 5.92 Å². The van der Waals surface area contributed by atoms with Crippen LogP contribution in [0.4, 0.5) is 11.4 Å². The number of methoxy groups -OCH3 is 1. The van der Waals surface area contributed by atoms with Gasteiger partial charge in [-0.15, -0.1) is 0 Å². The van der Waals surface area contributed by atoms with Crippen LogP contribution < -0.4 is 4.90 Å². The van der Waals surface area contributed by atoms with Crippen LogP contribution in [0.25, 0.3) is 0 Å². The van der Waals surface area contributed by atoms with Crippen LogP contribution in [0.15, 0.2) is 18.2 Å². The first-order valence-electron chi connectivity index (χ1n) is 6.57. The van der Waals surface area contributed by atoms with Gasteiger partial charge in [-0.25, -0.2) is 0 Å². The number of benzene rings is 1. The number of nitro groups is 1. The fourth-order valence-electron chi connectivity index (χ4n) is 2.67. The van der Waals surface area contributed by atoms with Crippen molar-refractivity contribution >= 4 is 11.4 Å². The van der Waals surface area contributed by atoms with Gasteiger partial charge in [0.05, 0.1) is 11.5 Å². The van der Waals surface area contributed by atoms with Crippen molar-refractivity contribution in [3.63, 3.8) is 0 Å². The predicted molar refractivity (Wildman–Crippen MR) is 74.4 cm³/mol. The summed E-state index contributed by atoms with van der Waals surface area (Å²) in [6, 6.07) is 5.50. The molecule has 0 spiro atoms. The first-order valence-corrected chi connectivity index (χ1v) is 6.57. The quantitative estimate of drug-likeness (QED) is 0.619. The van der Waals surface area contributed by atoms with Gasteiger partial charge in [-0.05, 0) is 25.3 Å². The van der Waals surface area contributed by atoms with Crippen LogP contribution in [0.2, 0.25) is 0 Å². The van der Waals surface area contributed by atoms with Crippen molar-refractivity contribution in [3.8, 4) is 0 Å². The minimum atomic E-state index is -0.362. The van der Waals surface area contributed by atoms with E-state index in [1.807, 2.05) is 6.07 Å². The summed E-state index contributed by atoms with van der Waals surface area (Å²) in [5.74, 6) is 0.644. The summed E-state index contributed by atoms with van der Waals surface area (Å²) in [4.78, 5) is 12.8. The monoisotopic (exact) mass is 264 g/mol. The molecule has 0 bridgehead atoms. The normalized spacial score (nSPS) is 22.8. The highest BCUT2D eigenvalue weighted by Gasteiger charge is 2.29. The van der Waals surface area contributed by atoms with E-state index in [1.165, 1.54) is 0 Å². The third kappa shape index (κ3) is 2.71. The average molecular weight is 264 g/mol. The number of anilines is 1. The van der Waals surface area contributed by atoms with E-state index in [0.717, 1.165) is 24.2 Å². The van der Waals surface area contributed by atoms with E-state index in [2.05, 4.69) is 18.7 Å². The Balaban J connectivity index is 2.36. The van der Waals surface area contributed by atoms with Crippen molar-refractivity contribution in [2.75, 3.05) is 18.6 Å². The lowest BCUT2D eigenvalue weighted by atomic mass is 10.0. The number of nitro benzene ring substituents is 1. The molecule has 1 aliphatic rings. The molecular formula is C14H20N2O3. The highest BCUT2D eigenvalue weighted by molar-refractivity contribution is 5.59. The van der Waals surface area contributed by atoms with Gasteiger partial charge in [0.1, 0.15) is 0 Å². The summed E-state index contributed by atoms with van der Waals surface area (Å²) >= 11 is 0. The van der Waals surface area contributed by atoms with Crippen LogP contribution in [0.3, 0.4) is 0 Å². The van der Waals surface area contributed by atoms with E-state index in [0.29, 0.717) is 18.6 Å². The first-order chi connectivity index (χ1) is 9.04. The van der Waals surface area contributed by atoms with Crippen molar-refractivity contribution in [3.05, 3.63) is 33.9 Å². The van der Waals surface area contributed by atoms with E-state index < -0.39 is 0 Å². The Labute approximate surface area is 113 Å². The Morgan fingerprint density at radius 2 is 2.21 bits per heavy atom. The molecule has 19 heavy (non-hydrogen) atoms. The second-order valence-corrected chi connectivity index (χ2v) is 5.20. The Hall–Kier alpha value is -1.62. The maximum atomic E-state index is 10.9. The summed E-state index contributed by atoms with van der Waals surface area (Å²) in [5, 5.41) is 10.9. The predicted octanol–water partition coefficient (Wildman–Crippen LogP) is 2.98. The molecule has 5 heteroatoms. The zero-order chi connectivity index (χ0) is 14.0. The Morgan fingerprint density at radius 1 is 1.47 bits per heavy atom. The Kier molecular flexibility index (Phi) is 4.04. The fraction of sp³-hybridized carbons (Fsp3) is 0.571. The van der Waals surface area contributed by atoms with E-state index in [9.17, 15) is 10.1 Å². The molecule has 0 N–H and O–H groups in total. The number of nitrogens with zero attached hydrogens (tertiary/aromatic N) is 2. The second-order valence-electron chi connectivity index (χ2n) is 5.20. The number of hydrogen-bond acceptors (Lipinski definition) is 4. The maximum absolute atomic E-state index is 10.9. The average Bonchev–Trinajstić information content (AvgIpc) is 2.70. The zero-order valence-corrected chi connectivity index (χ0v) is 11.6. The summed E-state index contributed by atoms with van der Waals surface area (Å²) in [7, 11) is 1.61. The third-order valence-electron chi connectivity index (χ3n) is 4.02. The minimum absolute atomic E-state index is 0.121. The molecule has 0 aliphatic carbocycles. The largest absolute Gasteiger partial charge is 0.380 e. The molecular weight excluding hydrogens is 244 g/mol. The van der Waals surface area contributed by atoms with Crippen LogP contribution in [-0.2, 0) is 11.3 Å². The van der Waals surface area contributed by atoms with Gasteiger partial charge in [-0.3, -0.25) is 10.1 Å². The van der Waals surface area contributed by atoms with Gasteiger partial charge >= 0.3 is 0 Å². The lowest BCUT2D eigenvalue weighted by Crippen LogP contribution is -2.30. The third-order valence-corrected chi connectivity index (χ3v) is 4.02. The molecule has 1 fully saturated rings. The number of ether oxygens (including phenoxy) is 1. The van der Waals surface area contributed by atoms with Gasteiger partial charge in [0.2, 0.25) is 0 Å². The Morgan fingerprint density at radius 3 is 2.74 bits per heavy atom. The molecule has 0 amide bonds. The summed E-state index contributed by atoms with van der Waals surface area (Å²) in [5.41, 5.74) is 2.07. The SMILES string of the molecule is COCc1cc([N+](=O)[O-])ccc1N1CCC(C)C1C.